The van der Waals surface area contributed by atoms with E-state index in [1.165, 1.54) is 30.5 Å². The summed E-state index contributed by atoms with van der Waals surface area (Å²) in [5.74, 6) is -0.0654. The Balaban J connectivity index is 2.03. The summed E-state index contributed by atoms with van der Waals surface area (Å²) in [6.45, 7) is 1.84. The molecule has 2 aromatic carbocycles. The van der Waals surface area contributed by atoms with Crippen LogP contribution in [0.3, 0.4) is 0 Å². The molecular weight excluding hydrogens is 400 g/mol. The van der Waals surface area contributed by atoms with Gasteiger partial charge in [0.25, 0.3) is 11.6 Å². The van der Waals surface area contributed by atoms with Crippen LogP contribution in [0.1, 0.15) is 12.5 Å². The van der Waals surface area contributed by atoms with E-state index in [1.807, 2.05) is 6.92 Å². The van der Waals surface area contributed by atoms with Crippen molar-refractivity contribution in [3.05, 3.63) is 64.2 Å². The van der Waals surface area contributed by atoms with E-state index in [-0.39, 0.29) is 5.69 Å². The maximum absolute atomic E-state index is 12.1. The third kappa shape index (κ3) is 6.57. The number of carbonyl (C=O) groups excluding carboxylic acids is 1. The number of nitrogens with zero attached hydrogens (tertiary/aromatic N) is 3. The summed E-state index contributed by atoms with van der Waals surface area (Å²) in [4.78, 5) is 22.2. The Morgan fingerprint density at radius 2 is 1.83 bits per heavy atom. The van der Waals surface area contributed by atoms with E-state index in [9.17, 15) is 23.3 Å². The highest BCUT2D eigenvalue weighted by molar-refractivity contribution is 7.92. The van der Waals surface area contributed by atoms with Gasteiger partial charge in [0.15, 0.2) is 0 Å². The van der Waals surface area contributed by atoms with E-state index in [4.69, 9.17) is 4.74 Å². The first-order valence-corrected chi connectivity index (χ1v) is 10.3. The number of hydrogen-bond donors (Lipinski definition) is 1. The van der Waals surface area contributed by atoms with Crippen LogP contribution >= 0.6 is 0 Å². The quantitative estimate of drug-likeness (QED) is 0.374. The summed E-state index contributed by atoms with van der Waals surface area (Å²) in [5, 5.41) is 14.4. The van der Waals surface area contributed by atoms with Gasteiger partial charge in [0.05, 0.1) is 29.7 Å². The molecule has 0 aliphatic carbocycles. The highest BCUT2D eigenvalue weighted by Crippen LogP contribution is 2.21. The number of nitrogens with one attached hydrogen (secondary N) is 1. The van der Waals surface area contributed by atoms with Crippen molar-refractivity contribution in [3.8, 4) is 5.75 Å². The van der Waals surface area contributed by atoms with Crippen molar-refractivity contribution >= 4 is 33.5 Å². The number of benzene rings is 2. The lowest BCUT2D eigenvalue weighted by atomic mass is 10.2. The summed E-state index contributed by atoms with van der Waals surface area (Å²) in [5.41, 5.74) is 3.01. The average Bonchev–Trinajstić information content (AvgIpc) is 2.67. The second-order valence-electron chi connectivity index (χ2n) is 5.84. The van der Waals surface area contributed by atoms with Crippen LogP contribution in [0.4, 0.5) is 11.4 Å². The van der Waals surface area contributed by atoms with Gasteiger partial charge < -0.3 is 4.74 Å². The summed E-state index contributed by atoms with van der Waals surface area (Å²) >= 11 is 0. The molecule has 0 saturated heterocycles. The number of hydrazone groups is 1. The normalized spacial score (nSPS) is 11.2. The van der Waals surface area contributed by atoms with Gasteiger partial charge >= 0.3 is 0 Å². The first-order valence-electron chi connectivity index (χ1n) is 8.47. The number of amides is 1. The van der Waals surface area contributed by atoms with Gasteiger partial charge in [-0.2, -0.15) is 5.10 Å². The fraction of sp³-hybridized carbons (Fsp3) is 0.222. The molecule has 1 N–H and O–H groups in total. The van der Waals surface area contributed by atoms with Crippen LogP contribution in [-0.4, -0.2) is 44.9 Å². The van der Waals surface area contributed by atoms with E-state index < -0.39 is 27.4 Å². The van der Waals surface area contributed by atoms with Gasteiger partial charge in [0.1, 0.15) is 12.3 Å². The minimum Gasteiger partial charge on any atom is -0.494 e. The van der Waals surface area contributed by atoms with Crippen molar-refractivity contribution in [2.24, 2.45) is 5.10 Å². The molecule has 0 atom stereocenters. The topological polar surface area (TPSA) is 131 Å². The zero-order chi connectivity index (χ0) is 21.4. The van der Waals surface area contributed by atoms with E-state index >= 15 is 0 Å². The third-order valence-corrected chi connectivity index (χ3v) is 4.77. The van der Waals surface area contributed by atoms with E-state index in [2.05, 4.69) is 10.5 Å². The van der Waals surface area contributed by atoms with Crippen LogP contribution in [-0.2, 0) is 14.8 Å². The Morgan fingerprint density at radius 3 is 2.34 bits per heavy atom. The van der Waals surface area contributed by atoms with Crippen molar-refractivity contribution in [1.29, 1.82) is 0 Å². The predicted molar refractivity (Wildman–Crippen MR) is 109 cm³/mol. The number of nitro benzene ring substituents is 1. The SMILES string of the molecule is CCOc1ccc(N(CC(=O)N/N=C\c2ccc([N+](=O)[O-])cc2)S(C)(=O)=O)cc1. The van der Waals surface area contributed by atoms with Crippen LogP contribution in [0.25, 0.3) is 0 Å². The molecule has 0 radical (unpaired) electrons. The molecule has 2 aromatic rings. The maximum atomic E-state index is 12.1. The largest absolute Gasteiger partial charge is 0.494 e. The summed E-state index contributed by atoms with van der Waals surface area (Å²) < 4.78 is 30.4. The molecule has 0 bridgehead atoms. The number of hydrogen-bond acceptors (Lipinski definition) is 7. The van der Waals surface area contributed by atoms with Crippen LogP contribution in [0.15, 0.2) is 53.6 Å². The van der Waals surface area contributed by atoms with Gasteiger partial charge in [-0.25, -0.2) is 13.8 Å². The first kappa shape index (κ1) is 21.8. The number of ether oxygens (including phenoxy) is 1. The van der Waals surface area contributed by atoms with Crippen molar-refractivity contribution in [3.63, 3.8) is 0 Å². The summed E-state index contributed by atoms with van der Waals surface area (Å²) in [7, 11) is -3.71. The molecule has 2 rings (SSSR count). The molecule has 0 aliphatic heterocycles. The molecule has 0 spiro atoms. The van der Waals surface area contributed by atoms with Crippen molar-refractivity contribution in [1.82, 2.24) is 5.43 Å². The maximum Gasteiger partial charge on any atom is 0.269 e. The Labute approximate surface area is 168 Å². The molecule has 0 unspecified atom stereocenters. The number of nitro groups is 1. The molecule has 0 fully saturated rings. The Kier molecular flexibility index (Phi) is 7.26. The standard InChI is InChI=1S/C18H20N4O6S/c1-3-28-17-10-8-15(9-11-17)21(29(2,26)27)13-18(23)20-19-12-14-4-6-16(7-5-14)22(24)25/h4-12H,3,13H2,1-2H3,(H,20,23)/b19-12-. The molecule has 0 aliphatic rings. The number of non-ortho nitro benzene ring substituents is 1. The minimum atomic E-state index is -3.71. The van der Waals surface area contributed by atoms with Gasteiger partial charge in [-0.15, -0.1) is 0 Å². The Bertz CT molecular complexity index is 988. The summed E-state index contributed by atoms with van der Waals surface area (Å²) in [6, 6.07) is 11.9. The zero-order valence-corrected chi connectivity index (χ0v) is 16.6. The smallest absolute Gasteiger partial charge is 0.269 e. The molecule has 10 nitrogen and oxygen atoms in total. The Morgan fingerprint density at radius 1 is 1.21 bits per heavy atom. The lowest BCUT2D eigenvalue weighted by molar-refractivity contribution is -0.384. The van der Waals surface area contributed by atoms with Gasteiger partial charge in [-0.3, -0.25) is 19.2 Å². The third-order valence-electron chi connectivity index (χ3n) is 3.63. The van der Waals surface area contributed by atoms with Gasteiger partial charge in [-0.1, -0.05) is 0 Å². The predicted octanol–water partition coefficient (Wildman–Crippen LogP) is 1.91. The molecule has 11 heteroatoms. The van der Waals surface area contributed by atoms with E-state index in [1.54, 1.807) is 24.3 Å². The number of rotatable bonds is 9. The molecule has 0 aromatic heterocycles. The van der Waals surface area contributed by atoms with Crippen LogP contribution < -0.4 is 14.5 Å². The molecule has 29 heavy (non-hydrogen) atoms. The Hall–Kier alpha value is -3.47. The first-order chi connectivity index (χ1) is 13.7. The molecule has 0 saturated carbocycles. The van der Waals surface area contributed by atoms with Crippen molar-refractivity contribution in [2.45, 2.75) is 6.92 Å². The molecule has 1 amide bonds. The fourth-order valence-corrected chi connectivity index (χ4v) is 3.16. The summed E-state index contributed by atoms with van der Waals surface area (Å²) in [6.07, 6.45) is 2.29. The van der Waals surface area contributed by atoms with E-state index in [0.717, 1.165) is 10.6 Å². The monoisotopic (exact) mass is 420 g/mol. The number of sulfonamides is 1. The lowest BCUT2D eigenvalue weighted by Crippen LogP contribution is -2.39. The second-order valence-corrected chi connectivity index (χ2v) is 7.75. The van der Waals surface area contributed by atoms with Gasteiger partial charge in [-0.05, 0) is 48.9 Å². The molecule has 0 heterocycles. The van der Waals surface area contributed by atoms with Crippen LogP contribution in [0.2, 0.25) is 0 Å². The number of carbonyl (C=O) groups is 1. The van der Waals surface area contributed by atoms with Crippen molar-refractivity contribution in [2.75, 3.05) is 23.7 Å². The van der Waals surface area contributed by atoms with Crippen LogP contribution in [0, 0.1) is 10.1 Å². The van der Waals surface area contributed by atoms with E-state index in [0.29, 0.717) is 23.6 Å². The van der Waals surface area contributed by atoms with Gasteiger partial charge in [0.2, 0.25) is 10.0 Å². The molecule has 154 valence electrons. The van der Waals surface area contributed by atoms with Crippen molar-refractivity contribution < 1.29 is 22.9 Å². The zero-order valence-electron chi connectivity index (χ0n) is 15.8. The second kappa shape index (κ2) is 9.64. The highest BCUT2D eigenvalue weighted by atomic mass is 32.2. The van der Waals surface area contributed by atoms with Crippen LogP contribution in [0.5, 0.6) is 5.75 Å². The highest BCUT2D eigenvalue weighted by Gasteiger charge is 2.20. The van der Waals surface area contributed by atoms with Gasteiger partial charge in [0, 0.05) is 12.1 Å². The lowest BCUT2D eigenvalue weighted by Gasteiger charge is -2.21. The minimum absolute atomic E-state index is 0.0645. The fourth-order valence-electron chi connectivity index (χ4n) is 2.30. The average molecular weight is 420 g/mol. The molecular formula is C18H20N4O6S. The number of anilines is 1.